The number of carbonyl (C=O) groups excluding carboxylic acids is 1. The number of imidazole rings is 1. The molecular formula is C28H31F3N8O2. The molecule has 0 unspecified atom stereocenters. The number of carbonyl (C=O) groups is 1. The van der Waals surface area contributed by atoms with Crippen molar-refractivity contribution in [1.29, 1.82) is 0 Å². The number of hydrogen-bond donors (Lipinski definition) is 2. The van der Waals surface area contributed by atoms with Crippen molar-refractivity contribution >= 4 is 28.7 Å². The lowest BCUT2D eigenvalue weighted by Crippen LogP contribution is -2.50. The van der Waals surface area contributed by atoms with E-state index >= 15 is 0 Å². The van der Waals surface area contributed by atoms with E-state index in [4.69, 9.17) is 4.74 Å². The lowest BCUT2D eigenvalue weighted by Gasteiger charge is -2.39. The first kappa shape index (κ1) is 28.3. The topological polar surface area (TPSA) is 112 Å². The lowest BCUT2D eigenvalue weighted by molar-refractivity contribution is -0.162. The second kappa shape index (κ2) is 12.1. The van der Waals surface area contributed by atoms with Crippen LogP contribution in [0.1, 0.15) is 38.3 Å². The fourth-order valence-corrected chi connectivity index (χ4v) is 5.04. The number of halogens is 3. The third-order valence-electron chi connectivity index (χ3n) is 6.95. The van der Waals surface area contributed by atoms with Crippen molar-refractivity contribution in [3.8, 4) is 17.3 Å². The minimum atomic E-state index is -4.49. The Morgan fingerprint density at radius 2 is 1.83 bits per heavy atom. The van der Waals surface area contributed by atoms with Crippen molar-refractivity contribution in [2.45, 2.75) is 38.9 Å². The van der Waals surface area contributed by atoms with Gasteiger partial charge >= 0.3 is 12.2 Å². The van der Waals surface area contributed by atoms with Crippen LogP contribution >= 0.6 is 0 Å². The van der Waals surface area contributed by atoms with Gasteiger partial charge in [0, 0.05) is 50.2 Å². The van der Waals surface area contributed by atoms with E-state index in [-0.39, 0.29) is 19.1 Å². The largest absolute Gasteiger partial charge is 0.464 e. The Bertz CT molecular complexity index is 1500. The van der Waals surface area contributed by atoms with Crippen molar-refractivity contribution in [1.82, 2.24) is 34.7 Å². The van der Waals surface area contributed by atoms with Crippen LogP contribution in [0.2, 0.25) is 0 Å². The first-order chi connectivity index (χ1) is 19.7. The van der Waals surface area contributed by atoms with E-state index in [1.54, 1.807) is 12.4 Å². The molecule has 216 valence electrons. The molecule has 41 heavy (non-hydrogen) atoms. The van der Waals surface area contributed by atoms with E-state index in [9.17, 15) is 18.0 Å². The minimum Gasteiger partial charge on any atom is -0.464 e. The zero-order valence-corrected chi connectivity index (χ0v) is 22.8. The van der Waals surface area contributed by atoms with Crippen LogP contribution in [-0.2, 0) is 4.79 Å². The third kappa shape index (κ3) is 6.91. The van der Waals surface area contributed by atoms with E-state index in [0.29, 0.717) is 37.5 Å². The molecule has 3 aromatic heterocycles. The third-order valence-corrected chi connectivity index (χ3v) is 6.95. The first-order valence-corrected chi connectivity index (χ1v) is 13.5. The number of ether oxygens (including phenoxy) is 1. The van der Waals surface area contributed by atoms with Gasteiger partial charge in [0.1, 0.15) is 12.2 Å². The summed E-state index contributed by atoms with van der Waals surface area (Å²) >= 11 is 0. The fraction of sp³-hybridized carbons (Fsp3) is 0.393. The van der Waals surface area contributed by atoms with Crippen LogP contribution in [0.5, 0.6) is 6.01 Å². The van der Waals surface area contributed by atoms with Gasteiger partial charge in [0.05, 0.1) is 23.3 Å². The molecule has 1 atom stereocenters. The van der Waals surface area contributed by atoms with E-state index in [2.05, 4.69) is 42.1 Å². The first-order valence-electron chi connectivity index (χ1n) is 13.5. The molecule has 13 heteroatoms. The van der Waals surface area contributed by atoms with Gasteiger partial charge in [-0.15, -0.1) is 0 Å². The van der Waals surface area contributed by atoms with Crippen LogP contribution in [0, 0.1) is 0 Å². The minimum absolute atomic E-state index is 0.0334. The number of H-pyrrole nitrogens is 1. The Balaban J connectivity index is 1.27. The molecule has 1 aliphatic heterocycles. The highest BCUT2D eigenvalue weighted by Crippen LogP contribution is 2.29. The van der Waals surface area contributed by atoms with Gasteiger partial charge in [0.2, 0.25) is 11.9 Å². The Hall–Kier alpha value is -4.26. The molecule has 0 saturated carbocycles. The Morgan fingerprint density at radius 3 is 2.56 bits per heavy atom. The number of aromatic nitrogens is 5. The van der Waals surface area contributed by atoms with Crippen molar-refractivity contribution in [3.63, 3.8) is 0 Å². The molecular weight excluding hydrogens is 537 g/mol. The molecule has 5 rings (SSSR count). The smallest absolute Gasteiger partial charge is 0.397 e. The molecule has 1 aliphatic rings. The van der Waals surface area contributed by atoms with Crippen LogP contribution in [0.3, 0.4) is 0 Å². The van der Waals surface area contributed by atoms with Gasteiger partial charge in [0.15, 0.2) is 0 Å². The Labute approximate surface area is 235 Å². The second-order valence-corrected chi connectivity index (χ2v) is 9.71. The molecule has 0 aliphatic carbocycles. The number of rotatable bonds is 9. The van der Waals surface area contributed by atoms with Crippen LogP contribution in [0.25, 0.3) is 22.3 Å². The number of benzene rings is 1. The summed E-state index contributed by atoms with van der Waals surface area (Å²) in [7, 11) is 0. The number of nitrogens with zero attached hydrogens (tertiary/aromatic N) is 6. The summed E-state index contributed by atoms with van der Waals surface area (Å²) in [6, 6.07) is 11.9. The molecule has 1 fully saturated rings. The Kier molecular flexibility index (Phi) is 8.34. The molecule has 4 aromatic rings. The highest BCUT2D eigenvalue weighted by atomic mass is 19.4. The summed E-state index contributed by atoms with van der Waals surface area (Å²) in [5.74, 6) is 0.270. The van der Waals surface area contributed by atoms with Crippen molar-refractivity contribution in [2.24, 2.45) is 0 Å². The summed E-state index contributed by atoms with van der Waals surface area (Å²) in [6.07, 6.45) is -1.74. The highest BCUT2D eigenvalue weighted by molar-refractivity contribution is 5.83. The number of amides is 1. The Morgan fingerprint density at radius 1 is 1.05 bits per heavy atom. The number of hydrogen-bond acceptors (Lipinski definition) is 8. The average Bonchev–Trinajstić information content (AvgIpc) is 3.35. The van der Waals surface area contributed by atoms with Gasteiger partial charge in [-0.2, -0.15) is 18.2 Å². The molecule has 1 saturated heterocycles. The SMILES string of the molecule is CCOc1nccc(-c2ccc3nc(Nc4cc([C@@H](CC)N5CCN(C(=O)CC(F)(F)F)CC5)ccn4)[nH]c3c2)n1. The summed E-state index contributed by atoms with van der Waals surface area (Å²) < 4.78 is 43.3. The number of piperazine rings is 1. The summed E-state index contributed by atoms with van der Waals surface area (Å²) in [4.78, 5) is 36.4. The molecule has 10 nitrogen and oxygen atoms in total. The van der Waals surface area contributed by atoms with Gasteiger partial charge in [-0.1, -0.05) is 13.0 Å². The van der Waals surface area contributed by atoms with E-state index < -0.39 is 18.5 Å². The van der Waals surface area contributed by atoms with Crippen molar-refractivity contribution in [3.05, 3.63) is 54.4 Å². The average molecular weight is 569 g/mol. The number of anilines is 2. The second-order valence-electron chi connectivity index (χ2n) is 9.71. The fourth-order valence-electron chi connectivity index (χ4n) is 5.04. The normalized spacial score (nSPS) is 15.2. The summed E-state index contributed by atoms with van der Waals surface area (Å²) in [5, 5.41) is 3.24. The highest BCUT2D eigenvalue weighted by Gasteiger charge is 2.35. The summed E-state index contributed by atoms with van der Waals surface area (Å²) in [6.45, 7) is 5.95. The van der Waals surface area contributed by atoms with E-state index in [0.717, 1.165) is 34.3 Å². The number of alkyl halides is 3. The number of fused-ring (bicyclic) bond motifs is 1. The maximum Gasteiger partial charge on any atom is 0.397 e. The van der Waals surface area contributed by atoms with Gasteiger partial charge in [-0.25, -0.2) is 15.0 Å². The zero-order chi connectivity index (χ0) is 29.0. The monoisotopic (exact) mass is 568 g/mol. The van der Waals surface area contributed by atoms with Gasteiger partial charge in [-0.05, 0) is 49.2 Å². The number of pyridine rings is 1. The maximum absolute atomic E-state index is 12.6. The molecule has 0 spiro atoms. The maximum atomic E-state index is 12.6. The standard InChI is InChI=1S/C28H31F3N8O2/c1-3-23(38-11-13-39(14-12-38)25(40)17-28(29,30)31)19-7-9-32-24(16-19)37-26-34-21-6-5-18(15-22(21)35-26)20-8-10-33-27(36-20)41-4-2/h5-10,15-16,23H,3-4,11-14,17H2,1-2H3,(H2,32,34,35,37)/t23-/m1/s1. The zero-order valence-electron chi connectivity index (χ0n) is 22.8. The molecule has 0 radical (unpaired) electrons. The van der Waals surface area contributed by atoms with Crippen molar-refractivity contribution < 1.29 is 22.7 Å². The predicted molar refractivity (Wildman–Crippen MR) is 148 cm³/mol. The summed E-state index contributed by atoms with van der Waals surface area (Å²) in [5.41, 5.74) is 4.24. The number of aromatic amines is 1. The molecule has 0 bridgehead atoms. The molecule has 2 N–H and O–H groups in total. The molecule has 4 heterocycles. The van der Waals surface area contributed by atoms with Crippen LogP contribution in [0.15, 0.2) is 48.8 Å². The van der Waals surface area contributed by atoms with Crippen molar-refractivity contribution in [2.75, 3.05) is 38.1 Å². The predicted octanol–water partition coefficient (Wildman–Crippen LogP) is 5.10. The van der Waals surface area contributed by atoms with Gasteiger partial charge < -0.3 is 19.9 Å². The van der Waals surface area contributed by atoms with Gasteiger partial charge in [-0.3, -0.25) is 9.69 Å². The van der Waals surface area contributed by atoms with Crippen LogP contribution < -0.4 is 10.1 Å². The van der Waals surface area contributed by atoms with E-state index in [1.165, 1.54) is 4.90 Å². The number of nitrogens with one attached hydrogen (secondary N) is 2. The molecule has 1 amide bonds. The van der Waals surface area contributed by atoms with Gasteiger partial charge in [0.25, 0.3) is 0 Å². The lowest BCUT2D eigenvalue weighted by atomic mass is 10.0. The molecule has 1 aromatic carbocycles. The quantitative estimate of drug-likeness (QED) is 0.287. The van der Waals surface area contributed by atoms with Crippen LogP contribution in [-0.4, -0.2) is 79.6 Å². The van der Waals surface area contributed by atoms with E-state index in [1.807, 2.05) is 43.3 Å². The van der Waals surface area contributed by atoms with Crippen LogP contribution in [0.4, 0.5) is 24.9 Å².